The van der Waals surface area contributed by atoms with Gasteiger partial charge in [0.25, 0.3) is 0 Å². The van der Waals surface area contributed by atoms with Crippen LogP contribution in [0.5, 0.6) is 5.88 Å². The van der Waals surface area contributed by atoms with E-state index >= 15 is 0 Å². The molecule has 6 nitrogen and oxygen atoms in total. The summed E-state index contributed by atoms with van der Waals surface area (Å²) >= 11 is 1.71. The van der Waals surface area contributed by atoms with Crippen molar-refractivity contribution in [1.29, 1.82) is 0 Å². The van der Waals surface area contributed by atoms with E-state index in [0.29, 0.717) is 19.0 Å². The molecule has 0 radical (unpaired) electrons. The summed E-state index contributed by atoms with van der Waals surface area (Å²) in [4.78, 5) is 6.85. The van der Waals surface area contributed by atoms with E-state index in [4.69, 9.17) is 9.72 Å². The topological polar surface area (TPSA) is 62.4 Å². The molecule has 0 atom stereocenters. The van der Waals surface area contributed by atoms with Gasteiger partial charge in [-0.05, 0) is 36.8 Å². The summed E-state index contributed by atoms with van der Waals surface area (Å²) in [5.41, 5.74) is 2.80. The van der Waals surface area contributed by atoms with Crippen LogP contribution in [0.4, 0.5) is 0 Å². The zero-order valence-electron chi connectivity index (χ0n) is 13.6. The van der Waals surface area contributed by atoms with Crippen molar-refractivity contribution in [2.24, 2.45) is 15.4 Å². The van der Waals surface area contributed by atoms with Crippen LogP contribution in [0.15, 0.2) is 45.1 Å². The Kier molecular flexibility index (Phi) is 3.95. The zero-order chi connectivity index (χ0) is 16.5. The molecular weight excluding hydrogens is 322 g/mol. The van der Waals surface area contributed by atoms with E-state index in [1.54, 1.807) is 11.3 Å². The van der Waals surface area contributed by atoms with Crippen LogP contribution in [-0.2, 0) is 0 Å². The fraction of sp³-hybridized carbons (Fsp3) is 0.294. The summed E-state index contributed by atoms with van der Waals surface area (Å²) in [6.07, 6.45) is 0. The van der Waals surface area contributed by atoms with Crippen molar-refractivity contribution in [1.82, 2.24) is 9.88 Å². The van der Waals surface area contributed by atoms with E-state index in [1.807, 2.05) is 20.2 Å². The van der Waals surface area contributed by atoms with Gasteiger partial charge in [-0.15, -0.1) is 16.4 Å². The lowest BCUT2D eigenvalue weighted by Crippen LogP contribution is -2.19. The molecule has 2 aromatic heterocycles. The third-order valence-electron chi connectivity index (χ3n) is 3.92. The number of ether oxygens (including phenoxy) is 1. The molecule has 0 aliphatic carbocycles. The van der Waals surface area contributed by atoms with Crippen molar-refractivity contribution in [3.63, 3.8) is 0 Å². The molecule has 0 fully saturated rings. The molecular formula is C17H17N5OS. The minimum Gasteiger partial charge on any atom is -0.476 e. The maximum atomic E-state index is 5.95. The van der Waals surface area contributed by atoms with Crippen molar-refractivity contribution in [2.45, 2.75) is 0 Å². The first-order valence-electron chi connectivity index (χ1n) is 7.74. The lowest BCUT2D eigenvalue weighted by atomic mass is 10.1. The average molecular weight is 339 g/mol. The van der Waals surface area contributed by atoms with Gasteiger partial charge in [0.15, 0.2) is 0 Å². The van der Waals surface area contributed by atoms with E-state index < -0.39 is 0 Å². The Balaban J connectivity index is 1.77. The van der Waals surface area contributed by atoms with Gasteiger partial charge in [0, 0.05) is 22.2 Å². The number of pyridine rings is 1. The quantitative estimate of drug-likeness (QED) is 0.714. The lowest BCUT2D eigenvalue weighted by Gasteiger charge is -2.12. The van der Waals surface area contributed by atoms with Crippen LogP contribution < -0.4 is 4.74 Å². The van der Waals surface area contributed by atoms with E-state index in [-0.39, 0.29) is 0 Å². The molecule has 0 N–H and O–H groups in total. The maximum Gasteiger partial charge on any atom is 0.222 e. The van der Waals surface area contributed by atoms with Gasteiger partial charge in [-0.25, -0.2) is 4.98 Å². The number of aromatic nitrogens is 1. The predicted molar refractivity (Wildman–Crippen MR) is 97.4 cm³/mol. The van der Waals surface area contributed by atoms with Crippen molar-refractivity contribution >= 4 is 38.0 Å². The predicted octanol–water partition coefficient (Wildman–Crippen LogP) is 3.56. The maximum absolute atomic E-state index is 5.95. The van der Waals surface area contributed by atoms with Crippen LogP contribution in [0.2, 0.25) is 0 Å². The number of hydrogen-bond acceptors (Lipinski definition) is 7. The molecule has 0 spiro atoms. The van der Waals surface area contributed by atoms with E-state index in [0.717, 1.165) is 34.1 Å². The molecule has 1 aliphatic rings. The van der Waals surface area contributed by atoms with E-state index in [2.05, 4.69) is 43.9 Å². The third-order valence-corrected chi connectivity index (χ3v) is 4.87. The second kappa shape index (κ2) is 6.26. The Labute approximate surface area is 143 Å². The Morgan fingerprint density at radius 3 is 2.92 bits per heavy atom. The number of hydrogen-bond donors (Lipinski definition) is 0. The summed E-state index contributed by atoms with van der Waals surface area (Å²) in [7, 11) is 4.06. The molecule has 0 bridgehead atoms. The number of benzene rings is 1. The van der Waals surface area contributed by atoms with E-state index in [9.17, 15) is 0 Å². The molecule has 0 saturated heterocycles. The minimum absolute atomic E-state index is 0.527. The van der Waals surface area contributed by atoms with Gasteiger partial charge >= 0.3 is 0 Å². The summed E-state index contributed by atoms with van der Waals surface area (Å²) in [5, 5.41) is 16.0. The Morgan fingerprint density at radius 1 is 1.21 bits per heavy atom. The van der Waals surface area contributed by atoms with Gasteiger partial charge in [-0.1, -0.05) is 12.1 Å². The van der Waals surface area contributed by atoms with Crippen LogP contribution in [0.3, 0.4) is 0 Å². The Hall–Kier alpha value is -2.38. The second-order valence-electron chi connectivity index (χ2n) is 5.90. The molecule has 7 heteroatoms. The Bertz CT molecular complexity index is 960. The van der Waals surface area contributed by atoms with Crippen molar-refractivity contribution in [3.05, 3.63) is 35.2 Å². The first-order valence-corrected chi connectivity index (χ1v) is 8.62. The van der Waals surface area contributed by atoms with E-state index in [1.165, 1.54) is 4.70 Å². The summed E-state index contributed by atoms with van der Waals surface area (Å²) < 4.78 is 7.15. The van der Waals surface area contributed by atoms with Crippen LogP contribution in [0, 0.1) is 0 Å². The van der Waals surface area contributed by atoms with Gasteiger partial charge < -0.3 is 9.64 Å². The summed E-state index contributed by atoms with van der Waals surface area (Å²) in [5.74, 6) is 0.695. The van der Waals surface area contributed by atoms with Crippen LogP contribution in [-0.4, -0.2) is 49.4 Å². The van der Waals surface area contributed by atoms with Crippen LogP contribution >= 0.6 is 11.3 Å². The van der Waals surface area contributed by atoms with Crippen molar-refractivity contribution < 1.29 is 4.74 Å². The zero-order valence-corrected chi connectivity index (χ0v) is 14.4. The number of nitrogens with zero attached hydrogens (tertiary/aromatic N) is 5. The molecule has 0 amide bonds. The smallest absolute Gasteiger partial charge is 0.222 e. The fourth-order valence-electron chi connectivity index (χ4n) is 2.65. The first kappa shape index (κ1) is 15.2. The monoisotopic (exact) mass is 339 g/mol. The van der Waals surface area contributed by atoms with Crippen LogP contribution in [0.25, 0.3) is 21.0 Å². The minimum atomic E-state index is 0.527. The van der Waals surface area contributed by atoms with Crippen molar-refractivity contribution in [2.75, 3.05) is 33.8 Å². The van der Waals surface area contributed by atoms with Gasteiger partial charge in [0.1, 0.15) is 13.2 Å². The Morgan fingerprint density at radius 2 is 2.12 bits per heavy atom. The number of likely N-dealkylation sites (N-methyl/N-ethyl adjacent to an activating group) is 1. The molecule has 122 valence electrons. The number of fused-ring (bicyclic) bond motifs is 3. The lowest BCUT2D eigenvalue weighted by molar-refractivity contribution is 0.257. The fourth-order valence-corrected chi connectivity index (χ4v) is 3.57. The summed E-state index contributed by atoms with van der Waals surface area (Å²) in [6.45, 7) is 1.99. The molecule has 0 saturated carbocycles. The molecule has 1 aliphatic heterocycles. The highest BCUT2D eigenvalue weighted by molar-refractivity contribution is 7.18. The second-order valence-corrected chi connectivity index (χ2v) is 6.82. The molecule has 24 heavy (non-hydrogen) atoms. The molecule has 4 rings (SSSR count). The van der Waals surface area contributed by atoms with Crippen molar-refractivity contribution in [3.8, 4) is 5.88 Å². The van der Waals surface area contributed by atoms with Gasteiger partial charge in [-0.3, -0.25) is 0 Å². The largest absolute Gasteiger partial charge is 0.476 e. The standard InChI is InChI=1S/C17H17N5OS/c1-22(2)6-7-23-17-13-5-8-24-16(13)12-4-3-11(9-14(12)19-17)15-10-18-21-20-15/h3-5,8-9H,6-7,10H2,1-2H3. The summed E-state index contributed by atoms with van der Waals surface area (Å²) in [6, 6.07) is 8.28. The molecule has 3 aromatic rings. The number of thiophene rings is 1. The average Bonchev–Trinajstić information content (AvgIpc) is 3.26. The van der Waals surface area contributed by atoms with Crippen LogP contribution in [0.1, 0.15) is 5.56 Å². The first-order chi connectivity index (χ1) is 11.7. The SMILES string of the molecule is CN(C)CCOc1nc2cc(C3=NN=NC3)ccc2c2sccc12. The van der Waals surface area contributed by atoms with Gasteiger partial charge in [-0.2, -0.15) is 5.11 Å². The molecule has 1 aromatic carbocycles. The highest BCUT2D eigenvalue weighted by Crippen LogP contribution is 2.35. The third kappa shape index (κ3) is 2.76. The normalized spacial score (nSPS) is 14.0. The van der Waals surface area contributed by atoms with Gasteiger partial charge in [0.05, 0.1) is 16.6 Å². The molecule has 0 unspecified atom stereocenters. The number of rotatable bonds is 5. The van der Waals surface area contributed by atoms with Gasteiger partial charge in [0.2, 0.25) is 5.88 Å². The highest BCUT2D eigenvalue weighted by atomic mass is 32.1. The molecule has 3 heterocycles. The highest BCUT2D eigenvalue weighted by Gasteiger charge is 2.14.